The van der Waals surface area contributed by atoms with Crippen LogP contribution in [-0.4, -0.2) is 49.3 Å². The van der Waals surface area contributed by atoms with Crippen molar-refractivity contribution >= 4 is 27.3 Å². The second-order valence-electron chi connectivity index (χ2n) is 15.7. The zero-order valence-electron chi connectivity index (χ0n) is 36.1. The number of aromatic nitrogens is 2. The Morgan fingerprint density at radius 1 is 0.631 bits per heavy atom. The molecule has 0 spiro atoms. The largest absolute Gasteiger partial charge is 0.441 e. The van der Waals surface area contributed by atoms with E-state index < -0.39 is 0 Å². The van der Waals surface area contributed by atoms with E-state index in [-0.39, 0.29) is 63.9 Å². The number of alkyl halides is 1. The maximum Gasteiger partial charge on any atom is 0.274 e. The summed E-state index contributed by atoms with van der Waals surface area (Å²) in [5.41, 5.74) is 4.45. The van der Waals surface area contributed by atoms with Crippen LogP contribution >= 0.6 is 15.9 Å². The Morgan fingerprint density at radius 2 is 1.05 bits per heavy atom. The molecule has 0 saturated heterocycles. The van der Waals surface area contributed by atoms with Crippen molar-refractivity contribution in [2.75, 3.05) is 0 Å². The van der Waals surface area contributed by atoms with Gasteiger partial charge in [0.2, 0.25) is 11.8 Å². The van der Waals surface area contributed by atoms with Crippen molar-refractivity contribution < 1.29 is 46.8 Å². The van der Waals surface area contributed by atoms with E-state index in [0.29, 0.717) is 70.7 Å². The quantitative estimate of drug-likeness (QED) is 0.0619. The predicted molar refractivity (Wildman–Crippen MR) is 241 cm³/mol. The van der Waals surface area contributed by atoms with Crippen LogP contribution in [0.3, 0.4) is 0 Å². The smallest absolute Gasteiger partial charge is 0.274 e. The number of aliphatic hydroxyl groups excluding tert-OH is 1. The Morgan fingerprint density at radius 3 is 1.49 bits per heavy atom. The van der Waals surface area contributed by atoms with Crippen LogP contribution in [0.15, 0.2) is 106 Å². The Bertz CT molecular complexity index is 2470. The summed E-state index contributed by atoms with van der Waals surface area (Å²) < 4.78 is 55.4. The van der Waals surface area contributed by atoms with Crippen LogP contribution in [0.5, 0.6) is 0 Å². The van der Waals surface area contributed by atoms with Gasteiger partial charge in [-0.05, 0) is 120 Å². The third-order valence-corrected chi connectivity index (χ3v) is 11.7. The number of nitro benzene ring substituents is 2. The van der Waals surface area contributed by atoms with Crippen LogP contribution in [0.2, 0.25) is 0 Å². The first-order valence-corrected chi connectivity index (χ1v) is 22.5. The molecule has 0 radical (unpaired) electrons. The monoisotopic (exact) mass is 960 g/mol. The van der Waals surface area contributed by atoms with E-state index in [0.717, 1.165) is 56.2 Å². The van der Waals surface area contributed by atoms with E-state index >= 15 is 0 Å². The molecule has 17 heteroatoms. The molecule has 2 saturated carbocycles. The van der Waals surface area contributed by atoms with Crippen LogP contribution in [0.1, 0.15) is 85.4 Å². The number of para-hydroxylation sites is 2. The van der Waals surface area contributed by atoms with Gasteiger partial charge in [0.25, 0.3) is 11.4 Å². The summed E-state index contributed by atoms with van der Waals surface area (Å²) >= 11 is 3.17. The van der Waals surface area contributed by atoms with Crippen molar-refractivity contribution in [3.05, 3.63) is 163 Å². The summed E-state index contributed by atoms with van der Waals surface area (Å²) in [5, 5.41) is 31.7. The fraction of sp³-hybridized carbons (Fsp3) is 0.375. The Hall–Kier alpha value is -5.72. The highest BCUT2D eigenvalue weighted by atomic mass is 79.9. The van der Waals surface area contributed by atoms with Crippen molar-refractivity contribution in [2.45, 2.75) is 115 Å². The molecule has 0 aliphatic heterocycles. The topological polar surface area (TPSA) is 186 Å². The minimum absolute atomic E-state index is 0.0123. The molecule has 4 unspecified atom stereocenters. The van der Waals surface area contributed by atoms with Crippen molar-refractivity contribution in [1.29, 1.82) is 0 Å². The summed E-state index contributed by atoms with van der Waals surface area (Å²) in [4.78, 5) is 29.7. The SMILES string of the molecule is Cc1oc(-c2ccc(F)cc2)nc1COC1CCCC(O)C1.Cc1oc(-c2ccc(F)cc2)nc1COC1CCCC(OCc2ccccc2[N+](=O)[O-])C1.O=[N+]([O-])c1ccccc1CBr. The summed E-state index contributed by atoms with van der Waals surface area (Å²) in [7, 11) is 0. The van der Waals surface area contributed by atoms with Gasteiger partial charge in [-0.25, -0.2) is 18.7 Å². The van der Waals surface area contributed by atoms with E-state index in [2.05, 4.69) is 25.9 Å². The number of aryl methyl sites for hydroxylation is 2. The minimum atomic E-state index is -0.383. The van der Waals surface area contributed by atoms with Gasteiger partial charge in [-0.3, -0.25) is 20.2 Å². The number of hydrogen-bond donors (Lipinski definition) is 1. The molecular formula is C48H51BrF2N4O10. The van der Waals surface area contributed by atoms with E-state index in [1.54, 1.807) is 60.7 Å². The van der Waals surface area contributed by atoms with Crippen molar-refractivity contribution in [3.8, 4) is 22.9 Å². The highest BCUT2D eigenvalue weighted by molar-refractivity contribution is 9.08. The highest BCUT2D eigenvalue weighted by Gasteiger charge is 2.26. The molecule has 8 rings (SSSR count). The van der Waals surface area contributed by atoms with Crippen LogP contribution in [0, 0.1) is 45.7 Å². The molecule has 4 aromatic carbocycles. The summed E-state index contributed by atoms with van der Waals surface area (Å²) in [5.74, 6) is 1.69. The van der Waals surface area contributed by atoms with Gasteiger partial charge in [0.1, 0.15) is 34.5 Å². The fourth-order valence-electron chi connectivity index (χ4n) is 7.45. The van der Waals surface area contributed by atoms with E-state index in [9.17, 15) is 34.1 Å². The van der Waals surface area contributed by atoms with Gasteiger partial charge in [0, 0.05) is 34.2 Å². The first-order chi connectivity index (χ1) is 31.4. The van der Waals surface area contributed by atoms with E-state index in [4.69, 9.17) is 23.0 Å². The van der Waals surface area contributed by atoms with E-state index in [1.807, 2.05) is 13.8 Å². The molecule has 2 aliphatic rings. The zero-order chi connectivity index (χ0) is 46.3. The average Bonchev–Trinajstić information content (AvgIpc) is 3.88. The van der Waals surface area contributed by atoms with Crippen molar-refractivity contribution in [2.24, 2.45) is 0 Å². The second kappa shape index (κ2) is 24.0. The normalized spacial score (nSPS) is 18.2. The molecule has 2 fully saturated rings. The highest BCUT2D eigenvalue weighted by Crippen LogP contribution is 2.29. The third-order valence-electron chi connectivity index (χ3n) is 11.1. The van der Waals surface area contributed by atoms with Crippen molar-refractivity contribution in [3.63, 3.8) is 0 Å². The number of benzene rings is 4. The van der Waals surface area contributed by atoms with Crippen LogP contribution < -0.4 is 0 Å². The predicted octanol–water partition coefficient (Wildman–Crippen LogP) is 11.8. The van der Waals surface area contributed by atoms with Gasteiger partial charge in [0.15, 0.2) is 0 Å². The number of hydrogen-bond acceptors (Lipinski definition) is 12. The fourth-order valence-corrected chi connectivity index (χ4v) is 7.92. The molecule has 2 aliphatic carbocycles. The molecule has 14 nitrogen and oxygen atoms in total. The van der Waals surface area contributed by atoms with Gasteiger partial charge in [-0.2, -0.15) is 0 Å². The Labute approximate surface area is 383 Å². The summed E-state index contributed by atoms with van der Waals surface area (Å²) in [6.45, 7) is 4.57. The van der Waals surface area contributed by atoms with Crippen LogP contribution in [0.4, 0.5) is 20.2 Å². The maximum atomic E-state index is 13.1. The lowest BCUT2D eigenvalue weighted by Crippen LogP contribution is -2.28. The number of oxazole rings is 2. The number of ether oxygens (including phenoxy) is 3. The molecule has 1 N–H and O–H groups in total. The van der Waals surface area contributed by atoms with Crippen LogP contribution in [0.25, 0.3) is 22.9 Å². The zero-order valence-corrected chi connectivity index (χ0v) is 37.7. The lowest BCUT2D eigenvalue weighted by molar-refractivity contribution is -0.386. The number of nitro groups is 2. The first-order valence-electron chi connectivity index (χ1n) is 21.3. The lowest BCUT2D eigenvalue weighted by atomic mass is 9.95. The Balaban J connectivity index is 0.000000182. The van der Waals surface area contributed by atoms with Crippen LogP contribution in [-0.2, 0) is 39.4 Å². The summed E-state index contributed by atoms with van der Waals surface area (Å²) in [6, 6.07) is 25.4. The van der Waals surface area contributed by atoms with Gasteiger partial charge in [-0.15, -0.1) is 0 Å². The molecule has 4 atom stereocenters. The minimum Gasteiger partial charge on any atom is -0.441 e. The number of halogens is 3. The second-order valence-corrected chi connectivity index (χ2v) is 16.3. The average molecular weight is 962 g/mol. The van der Waals surface area contributed by atoms with Gasteiger partial charge < -0.3 is 28.2 Å². The van der Waals surface area contributed by atoms with Gasteiger partial charge >= 0.3 is 0 Å². The molecule has 65 heavy (non-hydrogen) atoms. The molecule has 344 valence electrons. The first kappa shape index (κ1) is 48.7. The van der Waals surface area contributed by atoms with Gasteiger partial charge in [-0.1, -0.05) is 46.3 Å². The number of nitrogens with zero attached hydrogens (tertiary/aromatic N) is 4. The molecule has 0 bridgehead atoms. The lowest BCUT2D eigenvalue weighted by Gasteiger charge is -2.29. The third kappa shape index (κ3) is 14.4. The maximum absolute atomic E-state index is 13.1. The molecule has 2 heterocycles. The number of rotatable bonds is 14. The van der Waals surface area contributed by atoms with Crippen molar-refractivity contribution in [1.82, 2.24) is 9.97 Å². The van der Waals surface area contributed by atoms with Gasteiger partial charge in [0.05, 0.1) is 59.6 Å². The van der Waals surface area contributed by atoms with E-state index in [1.165, 1.54) is 36.4 Å². The summed E-state index contributed by atoms with van der Waals surface area (Å²) in [6.07, 6.45) is 6.84. The Kier molecular flexibility index (Phi) is 18.0. The molecule has 6 aromatic rings. The molecule has 0 amide bonds. The standard InChI is InChI=1S/C24H25FN2O5.C17H20FNO3.C7H6BrNO2/c1-16-22(26-24(32-16)17-9-11-19(25)12-10-17)15-31-21-7-4-6-20(13-21)30-14-18-5-2-3-8-23(18)27(28)29;1-11-16(10-21-15-4-2-3-14(20)9-15)19-17(22-11)12-5-7-13(18)8-6-12;8-5-6-3-1-2-4-7(6)9(10)11/h2-3,5,8-12,20-21H,4,6-7,13-15H2,1H3;5-8,14-15,20H,2-4,9-10H2,1H3;1-4H,5H2. The number of aliphatic hydroxyl groups is 1. The molecule has 2 aromatic heterocycles. The molecular weight excluding hydrogens is 910 g/mol.